The van der Waals surface area contributed by atoms with E-state index in [2.05, 4.69) is 5.32 Å². The fourth-order valence-corrected chi connectivity index (χ4v) is 1.95. The number of amides is 3. The van der Waals surface area contributed by atoms with Crippen LogP contribution in [0.3, 0.4) is 0 Å². The third kappa shape index (κ3) is 3.61. The van der Waals surface area contributed by atoms with Crippen molar-refractivity contribution in [2.45, 2.75) is 32.2 Å². The van der Waals surface area contributed by atoms with Crippen LogP contribution in [-0.2, 0) is 9.59 Å². The molecule has 0 spiro atoms. The summed E-state index contributed by atoms with van der Waals surface area (Å²) in [6, 6.07) is -1.27. The van der Waals surface area contributed by atoms with Crippen molar-refractivity contribution in [2.24, 2.45) is 11.7 Å². The molecule has 1 aliphatic rings. The maximum absolute atomic E-state index is 11.8. The van der Waals surface area contributed by atoms with Gasteiger partial charge >= 0.3 is 12.0 Å². The topological polar surface area (TPSA) is 113 Å². The highest BCUT2D eigenvalue weighted by molar-refractivity contribution is 5.83. The van der Waals surface area contributed by atoms with Crippen LogP contribution in [0, 0.1) is 5.92 Å². The first-order valence-electron chi connectivity index (χ1n) is 6.03. The molecule has 1 saturated heterocycles. The number of nitrogens with zero attached hydrogens (tertiary/aromatic N) is 1. The van der Waals surface area contributed by atoms with Gasteiger partial charge in [0.25, 0.3) is 0 Å². The van der Waals surface area contributed by atoms with Crippen molar-refractivity contribution in [2.75, 3.05) is 13.1 Å². The zero-order valence-corrected chi connectivity index (χ0v) is 10.4. The van der Waals surface area contributed by atoms with Crippen LogP contribution in [0.4, 0.5) is 4.79 Å². The second-order valence-electron chi connectivity index (χ2n) is 4.41. The summed E-state index contributed by atoms with van der Waals surface area (Å²) >= 11 is 0. The second-order valence-corrected chi connectivity index (χ2v) is 4.41. The highest BCUT2D eigenvalue weighted by atomic mass is 16.4. The van der Waals surface area contributed by atoms with E-state index in [-0.39, 0.29) is 11.8 Å². The number of carboxylic acids is 1. The zero-order valence-electron chi connectivity index (χ0n) is 10.4. The van der Waals surface area contributed by atoms with Crippen LogP contribution >= 0.6 is 0 Å². The summed E-state index contributed by atoms with van der Waals surface area (Å²) in [5.41, 5.74) is 5.19. The molecular weight excluding hydrogens is 238 g/mol. The number of hydrogen-bond acceptors (Lipinski definition) is 3. The van der Waals surface area contributed by atoms with Crippen molar-refractivity contribution in [3.05, 3.63) is 0 Å². The highest BCUT2D eigenvalue weighted by Crippen LogP contribution is 2.16. The van der Waals surface area contributed by atoms with E-state index in [0.29, 0.717) is 32.4 Å². The number of carboxylic acid groups (broad SMARTS) is 1. The Kier molecular flexibility index (Phi) is 4.94. The fourth-order valence-electron chi connectivity index (χ4n) is 1.95. The van der Waals surface area contributed by atoms with Gasteiger partial charge in [0, 0.05) is 19.0 Å². The molecule has 0 bridgehead atoms. The van der Waals surface area contributed by atoms with Crippen molar-refractivity contribution in [3.63, 3.8) is 0 Å². The summed E-state index contributed by atoms with van der Waals surface area (Å²) in [4.78, 5) is 35.1. The van der Waals surface area contributed by atoms with Gasteiger partial charge in [0.05, 0.1) is 0 Å². The molecule has 4 N–H and O–H groups in total. The first kappa shape index (κ1) is 14.3. The lowest BCUT2D eigenvalue weighted by atomic mass is 9.96. The van der Waals surface area contributed by atoms with Gasteiger partial charge in [-0.2, -0.15) is 0 Å². The molecule has 1 fully saturated rings. The van der Waals surface area contributed by atoms with Gasteiger partial charge in [0.15, 0.2) is 0 Å². The lowest BCUT2D eigenvalue weighted by Gasteiger charge is -2.31. The second kappa shape index (κ2) is 6.23. The van der Waals surface area contributed by atoms with E-state index >= 15 is 0 Å². The van der Waals surface area contributed by atoms with Gasteiger partial charge in [-0.25, -0.2) is 9.59 Å². The van der Waals surface area contributed by atoms with Crippen LogP contribution in [0.1, 0.15) is 26.2 Å². The Morgan fingerprint density at radius 1 is 1.39 bits per heavy atom. The van der Waals surface area contributed by atoms with E-state index in [0.717, 1.165) is 0 Å². The van der Waals surface area contributed by atoms with Gasteiger partial charge in [-0.15, -0.1) is 0 Å². The molecule has 0 aromatic heterocycles. The van der Waals surface area contributed by atoms with Gasteiger partial charge in [-0.3, -0.25) is 4.79 Å². The lowest BCUT2D eigenvalue weighted by molar-refractivity contribution is -0.139. The number of urea groups is 1. The number of carbonyl (C=O) groups is 3. The van der Waals surface area contributed by atoms with Gasteiger partial charge in [-0.1, -0.05) is 6.92 Å². The fraction of sp³-hybridized carbons (Fsp3) is 0.727. The molecule has 1 aliphatic heterocycles. The minimum atomic E-state index is -1.04. The number of rotatable bonds is 4. The van der Waals surface area contributed by atoms with Crippen molar-refractivity contribution in [3.8, 4) is 0 Å². The van der Waals surface area contributed by atoms with Gasteiger partial charge in [0.2, 0.25) is 5.91 Å². The molecule has 0 saturated carbocycles. The quantitative estimate of drug-likeness (QED) is 0.644. The monoisotopic (exact) mass is 257 g/mol. The van der Waals surface area contributed by atoms with Crippen molar-refractivity contribution in [1.82, 2.24) is 10.2 Å². The Balaban J connectivity index is 2.45. The predicted octanol–water partition coefficient (Wildman–Crippen LogP) is -0.243. The molecule has 0 aliphatic carbocycles. The minimum Gasteiger partial charge on any atom is -0.480 e. The summed E-state index contributed by atoms with van der Waals surface area (Å²) in [5, 5.41) is 11.3. The van der Waals surface area contributed by atoms with E-state index in [1.807, 2.05) is 0 Å². The molecule has 102 valence electrons. The van der Waals surface area contributed by atoms with E-state index < -0.39 is 18.0 Å². The predicted molar refractivity (Wildman–Crippen MR) is 63.7 cm³/mol. The number of aliphatic carboxylic acids is 1. The van der Waals surface area contributed by atoms with Crippen molar-refractivity contribution < 1.29 is 19.5 Å². The summed E-state index contributed by atoms with van der Waals surface area (Å²) in [7, 11) is 0. The number of primary amides is 1. The van der Waals surface area contributed by atoms with Crippen molar-refractivity contribution in [1.29, 1.82) is 0 Å². The standard InChI is InChI=1S/C11H19N3O4/c1-2-8(10(16)17)13-11(18)14-5-3-7(4-6-14)9(12)15/h7-8H,2-6H2,1H3,(H2,12,15)(H,13,18)(H,16,17)/t8-/m0/s1. The van der Waals surface area contributed by atoms with Crippen LogP contribution in [0.2, 0.25) is 0 Å². The molecule has 1 heterocycles. The summed E-state index contributed by atoms with van der Waals surface area (Å²) in [6.45, 7) is 2.55. The molecule has 7 nitrogen and oxygen atoms in total. The SMILES string of the molecule is CC[C@H](NC(=O)N1CCC(C(N)=O)CC1)C(=O)O. The molecule has 18 heavy (non-hydrogen) atoms. The third-order valence-electron chi connectivity index (χ3n) is 3.19. The van der Waals surface area contributed by atoms with Crippen LogP contribution < -0.4 is 11.1 Å². The molecule has 0 aromatic carbocycles. The third-order valence-corrected chi connectivity index (χ3v) is 3.19. The highest BCUT2D eigenvalue weighted by Gasteiger charge is 2.27. The number of carbonyl (C=O) groups excluding carboxylic acids is 2. The smallest absolute Gasteiger partial charge is 0.326 e. The molecule has 0 unspecified atom stereocenters. The molecule has 7 heteroatoms. The maximum atomic E-state index is 11.8. The van der Waals surface area contributed by atoms with Crippen LogP contribution in [0.25, 0.3) is 0 Å². The van der Waals surface area contributed by atoms with E-state index in [1.165, 1.54) is 4.90 Å². The Morgan fingerprint density at radius 3 is 2.33 bits per heavy atom. The number of nitrogens with two attached hydrogens (primary N) is 1. The summed E-state index contributed by atoms with van der Waals surface area (Å²) in [6.07, 6.45) is 1.40. The Hall–Kier alpha value is -1.79. The van der Waals surface area contributed by atoms with Crippen LogP contribution in [-0.4, -0.2) is 47.0 Å². The number of hydrogen-bond donors (Lipinski definition) is 3. The number of piperidine rings is 1. The first-order chi connectivity index (χ1) is 8.45. The van der Waals surface area contributed by atoms with Gasteiger partial charge in [0.1, 0.15) is 6.04 Å². The molecule has 1 atom stereocenters. The largest absolute Gasteiger partial charge is 0.480 e. The minimum absolute atomic E-state index is 0.185. The van der Waals surface area contributed by atoms with E-state index in [4.69, 9.17) is 10.8 Å². The Labute approximate surface area is 105 Å². The normalized spacial score (nSPS) is 18.2. The number of nitrogens with one attached hydrogen (secondary N) is 1. The molecule has 0 radical (unpaired) electrons. The summed E-state index contributed by atoms with van der Waals surface area (Å²) < 4.78 is 0. The average Bonchev–Trinajstić information content (AvgIpc) is 2.35. The Bertz CT molecular complexity index is 337. The lowest BCUT2D eigenvalue weighted by Crippen LogP contribution is -2.50. The van der Waals surface area contributed by atoms with E-state index in [9.17, 15) is 14.4 Å². The summed E-state index contributed by atoms with van der Waals surface area (Å²) in [5.74, 6) is -1.57. The van der Waals surface area contributed by atoms with Crippen LogP contribution in [0.5, 0.6) is 0 Å². The van der Waals surface area contributed by atoms with Crippen molar-refractivity contribution >= 4 is 17.9 Å². The maximum Gasteiger partial charge on any atom is 0.326 e. The molecule has 0 aromatic rings. The molecule has 1 rings (SSSR count). The van der Waals surface area contributed by atoms with Gasteiger partial charge < -0.3 is 21.1 Å². The van der Waals surface area contributed by atoms with Gasteiger partial charge in [-0.05, 0) is 19.3 Å². The van der Waals surface area contributed by atoms with E-state index in [1.54, 1.807) is 6.92 Å². The van der Waals surface area contributed by atoms with Crippen LogP contribution in [0.15, 0.2) is 0 Å². The molecular formula is C11H19N3O4. The zero-order chi connectivity index (χ0) is 13.7. The first-order valence-corrected chi connectivity index (χ1v) is 6.03. The average molecular weight is 257 g/mol. The Morgan fingerprint density at radius 2 is 1.94 bits per heavy atom. The molecule has 3 amide bonds. The number of likely N-dealkylation sites (tertiary alicyclic amines) is 1.